The molecule has 3 nitrogen and oxygen atoms in total. The molecule has 0 saturated heterocycles. The minimum atomic E-state index is 0.00352. The highest BCUT2D eigenvalue weighted by Crippen LogP contribution is 2.28. The van der Waals surface area contributed by atoms with Crippen LogP contribution in [0.2, 0.25) is 0 Å². The number of carbonyl (C=O) groups excluding carboxylic acids is 2. The molecule has 1 N–H and O–H groups in total. The number of anilines is 1. The first-order valence-corrected chi connectivity index (χ1v) is 4.52. The van der Waals surface area contributed by atoms with Gasteiger partial charge in [0.1, 0.15) is 0 Å². The highest BCUT2D eigenvalue weighted by molar-refractivity contribution is 6.02. The summed E-state index contributed by atoms with van der Waals surface area (Å²) >= 11 is 0. The summed E-state index contributed by atoms with van der Waals surface area (Å²) < 4.78 is 0. The van der Waals surface area contributed by atoms with E-state index in [2.05, 4.69) is 5.32 Å². The van der Waals surface area contributed by atoms with Crippen LogP contribution in [0, 0.1) is 6.92 Å². The molecule has 0 fully saturated rings. The lowest BCUT2D eigenvalue weighted by molar-refractivity contribution is -0.115. The zero-order valence-corrected chi connectivity index (χ0v) is 8.18. The molecule has 2 rings (SSSR count). The molecular weight excluding hydrogens is 178 g/mol. The van der Waals surface area contributed by atoms with Crippen molar-refractivity contribution in [3.63, 3.8) is 0 Å². The molecule has 1 aromatic rings. The molecule has 0 saturated carbocycles. The van der Waals surface area contributed by atoms with Gasteiger partial charge in [-0.1, -0.05) is 0 Å². The van der Waals surface area contributed by atoms with Crippen molar-refractivity contribution in [2.24, 2.45) is 0 Å². The Labute approximate surface area is 82.1 Å². The third-order valence-corrected chi connectivity index (χ3v) is 2.44. The van der Waals surface area contributed by atoms with Crippen LogP contribution in [0.5, 0.6) is 0 Å². The van der Waals surface area contributed by atoms with Crippen molar-refractivity contribution < 1.29 is 9.59 Å². The number of nitrogens with one attached hydrogen (secondary N) is 1. The number of amides is 1. The number of fused-ring (bicyclic) bond motifs is 1. The summed E-state index contributed by atoms with van der Waals surface area (Å²) in [4.78, 5) is 22.3. The van der Waals surface area contributed by atoms with Crippen molar-refractivity contribution in [3.05, 3.63) is 28.8 Å². The van der Waals surface area contributed by atoms with Crippen LogP contribution in [-0.2, 0) is 11.2 Å². The van der Waals surface area contributed by atoms with Crippen molar-refractivity contribution in [1.29, 1.82) is 0 Å². The quantitative estimate of drug-likeness (QED) is 0.683. The van der Waals surface area contributed by atoms with Gasteiger partial charge in [-0.2, -0.15) is 0 Å². The monoisotopic (exact) mass is 189 g/mol. The lowest BCUT2D eigenvalue weighted by atomic mass is 10.0. The zero-order chi connectivity index (χ0) is 10.3. The molecule has 1 aliphatic rings. The van der Waals surface area contributed by atoms with Crippen LogP contribution < -0.4 is 5.32 Å². The van der Waals surface area contributed by atoms with Gasteiger partial charge in [-0.25, -0.2) is 0 Å². The van der Waals surface area contributed by atoms with Crippen molar-refractivity contribution >= 4 is 17.4 Å². The molecule has 0 bridgehead atoms. The van der Waals surface area contributed by atoms with Gasteiger partial charge in [-0.3, -0.25) is 9.59 Å². The maximum atomic E-state index is 11.2. The first kappa shape index (κ1) is 8.94. The first-order chi connectivity index (χ1) is 6.58. The first-order valence-electron chi connectivity index (χ1n) is 4.52. The predicted molar refractivity (Wildman–Crippen MR) is 53.5 cm³/mol. The second kappa shape index (κ2) is 2.94. The fraction of sp³-hybridized carbons (Fsp3) is 0.273. The van der Waals surface area contributed by atoms with Crippen LogP contribution in [0.25, 0.3) is 0 Å². The smallest absolute Gasteiger partial charge is 0.228 e. The minimum Gasteiger partial charge on any atom is -0.325 e. The second-order valence-corrected chi connectivity index (χ2v) is 3.61. The van der Waals surface area contributed by atoms with Gasteiger partial charge in [0.05, 0.1) is 6.42 Å². The van der Waals surface area contributed by atoms with Gasteiger partial charge in [0, 0.05) is 11.3 Å². The van der Waals surface area contributed by atoms with Gasteiger partial charge < -0.3 is 5.32 Å². The van der Waals surface area contributed by atoms with Crippen LogP contribution in [-0.4, -0.2) is 11.7 Å². The molecule has 0 aliphatic carbocycles. The van der Waals surface area contributed by atoms with Gasteiger partial charge in [0.2, 0.25) is 5.91 Å². The molecule has 1 amide bonds. The van der Waals surface area contributed by atoms with E-state index in [1.54, 1.807) is 6.07 Å². The Hall–Kier alpha value is -1.64. The Kier molecular flexibility index (Phi) is 1.88. The summed E-state index contributed by atoms with van der Waals surface area (Å²) in [6.07, 6.45) is 0.386. The van der Waals surface area contributed by atoms with Crippen LogP contribution in [0.1, 0.15) is 28.4 Å². The fourth-order valence-electron chi connectivity index (χ4n) is 1.74. The Bertz CT molecular complexity index is 435. The second-order valence-electron chi connectivity index (χ2n) is 3.61. The van der Waals surface area contributed by atoms with E-state index < -0.39 is 0 Å². The standard InChI is InChI=1S/C11H11NO2/c1-6-3-8(7(2)13)4-9-5-10(14)12-11(6)9/h3-4H,5H2,1-2H3,(H,12,14). The fourth-order valence-corrected chi connectivity index (χ4v) is 1.74. The Morgan fingerprint density at radius 1 is 1.43 bits per heavy atom. The minimum absolute atomic E-state index is 0.00352. The van der Waals surface area contributed by atoms with E-state index in [0.717, 1.165) is 16.8 Å². The van der Waals surface area contributed by atoms with E-state index >= 15 is 0 Å². The number of carbonyl (C=O) groups is 2. The van der Waals surface area contributed by atoms with Gasteiger partial charge in [-0.15, -0.1) is 0 Å². The summed E-state index contributed by atoms with van der Waals surface area (Å²) in [7, 11) is 0. The summed E-state index contributed by atoms with van der Waals surface area (Å²) in [5, 5.41) is 2.78. The van der Waals surface area contributed by atoms with E-state index in [1.807, 2.05) is 13.0 Å². The van der Waals surface area contributed by atoms with Crippen molar-refractivity contribution in [2.45, 2.75) is 20.3 Å². The Morgan fingerprint density at radius 3 is 2.79 bits per heavy atom. The number of Topliss-reactive ketones (excluding diaryl/α,β-unsaturated/α-hetero) is 1. The molecule has 0 aromatic heterocycles. The zero-order valence-electron chi connectivity index (χ0n) is 8.18. The van der Waals surface area contributed by atoms with E-state index in [0.29, 0.717) is 12.0 Å². The van der Waals surface area contributed by atoms with E-state index in [4.69, 9.17) is 0 Å². The van der Waals surface area contributed by atoms with Crippen LogP contribution >= 0.6 is 0 Å². The van der Waals surface area contributed by atoms with Gasteiger partial charge in [-0.05, 0) is 37.1 Å². The molecule has 3 heteroatoms. The van der Waals surface area contributed by atoms with E-state index in [9.17, 15) is 9.59 Å². The molecule has 72 valence electrons. The molecule has 0 unspecified atom stereocenters. The van der Waals surface area contributed by atoms with Gasteiger partial charge in [0.25, 0.3) is 0 Å². The van der Waals surface area contributed by atoms with Crippen LogP contribution in [0.3, 0.4) is 0 Å². The summed E-state index contributed by atoms with van der Waals surface area (Å²) in [6, 6.07) is 3.61. The molecule has 0 atom stereocenters. The lowest BCUT2D eigenvalue weighted by Gasteiger charge is -2.05. The van der Waals surface area contributed by atoms with Crippen LogP contribution in [0.4, 0.5) is 5.69 Å². The molecule has 0 radical (unpaired) electrons. The molecule has 0 spiro atoms. The average Bonchev–Trinajstić information content (AvgIpc) is 2.45. The van der Waals surface area contributed by atoms with Gasteiger partial charge in [0.15, 0.2) is 5.78 Å². The van der Waals surface area contributed by atoms with Crippen molar-refractivity contribution in [2.75, 3.05) is 5.32 Å². The Morgan fingerprint density at radius 2 is 2.14 bits per heavy atom. The van der Waals surface area contributed by atoms with Crippen LogP contribution in [0.15, 0.2) is 12.1 Å². The topological polar surface area (TPSA) is 46.2 Å². The predicted octanol–water partition coefficient (Wildman–Crippen LogP) is 1.69. The highest BCUT2D eigenvalue weighted by atomic mass is 16.1. The SMILES string of the molecule is CC(=O)c1cc(C)c2c(c1)CC(=O)N2. The normalized spacial score (nSPS) is 13.7. The third kappa shape index (κ3) is 1.31. The summed E-state index contributed by atoms with van der Waals surface area (Å²) in [5.74, 6) is 0.0408. The third-order valence-electron chi connectivity index (χ3n) is 2.44. The van der Waals surface area contributed by atoms with Crippen molar-refractivity contribution in [3.8, 4) is 0 Å². The maximum absolute atomic E-state index is 11.2. The maximum Gasteiger partial charge on any atom is 0.228 e. The molecule has 1 aromatic carbocycles. The number of hydrogen-bond acceptors (Lipinski definition) is 2. The molecular formula is C11H11NO2. The lowest BCUT2D eigenvalue weighted by Crippen LogP contribution is -2.04. The number of benzene rings is 1. The van der Waals surface area contributed by atoms with E-state index in [1.165, 1.54) is 6.92 Å². The van der Waals surface area contributed by atoms with Gasteiger partial charge >= 0.3 is 0 Å². The van der Waals surface area contributed by atoms with E-state index in [-0.39, 0.29) is 11.7 Å². The largest absolute Gasteiger partial charge is 0.325 e. The van der Waals surface area contributed by atoms with Crippen molar-refractivity contribution in [1.82, 2.24) is 0 Å². The molecule has 14 heavy (non-hydrogen) atoms. The summed E-state index contributed by atoms with van der Waals surface area (Å²) in [6.45, 7) is 3.43. The summed E-state index contributed by atoms with van der Waals surface area (Å²) in [5.41, 5.74) is 3.44. The number of aryl methyl sites for hydroxylation is 1. The highest BCUT2D eigenvalue weighted by Gasteiger charge is 2.20. The Balaban J connectivity index is 2.56. The molecule has 1 heterocycles. The number of hydrogen-bond donors (Lipinski definition) is 1. The number of ketones is 1. The average molecular weight is 189 g/mol. The number of rotatable bonds is 1. The molecule has 1 aliphatic heterocycles.